The number of ether oxygens (including phenoxy) is 1. The van der Waals surface area contributed by atoms with Crippen molar-refractivity contribution in [3.05, 3.63) is 88.5 Å². The topological polar surface area (TPSA) is 85.8 Å². The third-order valence-corrected chi connectivity index (χ3v) is 4.62. The van der Waals surface area contributed by atoms with Crippen molar-refractivity contribution in [3.8, 4) is 17.0 Å². The van der Waals surface area contributed by atoms with E-state index in [-0.39, 0.29) is 11.1 Å². The van der Waals surface area contributed by atoms with Gasteiger partial charge in [0.2, 0.25) is 0 Å². The fraction of sp³-hybridized carbons (Fsp3) is 0.136. The zero-order chi connectivity index (χ0) is 20.4. The van der Waals surface area contributed by atoms with Gasteiger partial charge in [-0.3, -0.25) is 4.79 Å². The molecule has 0 bridgehead atoms. The van der Waals surface area contributed by atoms with E-state index in [1.54, 1.807) is 39.7 Å². The van der Waals surface area contributed by atoms with Crippen LogP contribution in [-0.2, 0) is 6.54 Å². The van der Waals surface area contributed by atoms with Crippen LogP contribution in [0.1, 0.15) is 22.8 Å². The molecule has 2 heterocycles. The second-order valence-corrected chi connectivity index (χ2v) is 6.55. The highest BCUT2D eigenvalue weighted by Gasteiger charge is 2.10. The van der Waals surface area contributed by atoms with Crippen LogP contribution in [0.4, 0.5) is 0 Å². The Bertz CT molecular complexity index is 1220. The fourth-order valence-corrected chi connectivity index (χ4v) is 3.13. The zero-order valence-corrected chi connectivity index (χ0v) is 15.8. The Balaban J connectivity index is 1.63. The highest BCUT2D eigenvalue weighted by atomic mass is 16.5. The van der Waals surface area contributed by atoms with Crippen LogP contribution in [0, 0.1) is 0 Å². The number of rotatable bonds is 6. The number of hydrogen-bond acceptors (Lipinski definition) is 4. The number of fused-ring (bicyclic) bond motifs is 1. The molecule has 0 fully saturated rings. The lowest BCUT2D eigenvalue weighted by Crippen LogP contribution is -2.21. The molecule has 29 heavy (non-hydrogen) atoms. The van der Waals surface area contributed by atoms with Gasteiger partial charge in [0, 0.05) is 18.0 Å². The second-order valence-electron chi connectivity index (χ2n) is 6.55. The third kappa shape index (κ3) is 3.75. The van der Waals surface area contributed by atoms with E-state index in [1.165, 1.54) is 12.1 Å². The van der Waals surface area contributed by atoms with Crippen LogP contribution in [0.3, 0.4) is 0 Å². The quantitative estimate of drug-likeness (QED) is 0.547. The van der Waals surface area contributed by atoms with Crippen molar-refractivity contribution in [2.75, 3.05) is 6.61 Å². The molecule has 0 aliphatic heterocycles. The standard InChI is InChI=1S/C22H19N3O4/c1-2-29-18-9-7-16(8-10-18)19-13-20-21(26)24(11-12-25(20)23-19)14-15-3-5-17(6-4-15)22(27)28/h3-13H,2,14H2,1H3,(H,27,28). The number of aromatic carboxylic acids is 1. The van der Waals surface area contributed by atoms with Gasteiger partial charge in [0.1, 0.15) is 11.3 Å². The van der Waals surface area contributed by atoms with Gasteiger partial charge in [-0.25, -0.2) is 9.31 Å². The molecule has 0 aliphatic rings. The van der Waals surface area contributed by atoms with Crippen LogP contribution in [0.15, 0.2) is 71.8 Å². The van der Waals surface area contributed by atoms with Gasteiger partial charge in [0.05, 0.1) is 24.4 Å². The minimum Gasteiger partial charge on any atom is -0.494 e. The number of benzene rings is 2. The average molecular weight is 389 g/mol. The minimum atomic E-state index is -0.976. The maximum atomic E-state index is 12.9. The predicted molar refractivity (Wildman–Crippen MR) is 109 cm³/mol. The Labute approximate surface area is 166 Å². The number of carbonyl (C=O) groups is 1. The lowest BCUT2D eigenvalue weighted by molar-refractivity contribution is 0.0697. The molecule has 2 aromatic heterocycles. The molecule has 0 atom stereocenters. The van der Waals surface area contributed by atoms with Crippen molar-refractivity contribution < 1.29 is 14.6 Å². The van der Waals surface area contributed by atoms with Crippen LogP contribution in [0.5, 0.6) is 5.75 Å². The third-order valence-electron chi connectivity index (χ3n) is 4.62. The maximum absolute atomic E-state index is 12.9. The van der Waals surface area contributed by atoms with E-state index in [0.717, 1.165) is 16.9 Å². The first kappa shape index (κ1) is 18.5. The first-order chi connectivity index (χ1) is 14.0. The minimum absolute atomic E-state index is 0.167. The van der Waals surface area contributed by atoms with E-state index in [2.05, 4.69) is 5.10 Å². The molecule has 0 radical (unpaired) electrons. The molecule has 2 aromatic carbocycles. The summed E-state index contributed by atoms with van der Waals surface area (Å²) in [5.74, 6) is -0.187. The van der Waals surface area contributed by atoms with Crippen LogP contribution in [0.25, 0.3) is 16.8 Å². The molecule has 7 heteroatoms. The Morgan fingerprint density at radius 3 is 2.45 bits per heavy atom. The second kappa shape index (κ2) is 7.63. The Morgan fingerprint density at radius 1 is 1.07 bits per heavy atom. The van der Waals surface area contributed by atoms with E-state index in [0.29, 0.717) is 24.4 Å². The van der Waals surface area contributed by atoms with E-state index in [4.69, 9.17) is 9.84 Å². The van der Waals surface area contributed by atoms with Gasteiger partial charge in [-0.1, -0.05) is 12.1 Å². The molecule has 0 spiro atoms. The van der Waals surface area contributed by atoms with Gasteiger partial charge >= 0.3 is 5.97 Å². The Morgan fingerprint density at radius 2 is 1.79 bits per heavy atom. The molecule has 0 saturated heterocycles. The van der Waals surface area contributed by atoms with Crippen molar-refractivity contribution in [2.24, 2.45) is 0 Å². The number of nitrogens with zero attached hydrogens (tertiary/aromatic N) is 3. The summed E-state index contributed by atoms with van der Waals surface area (Å²) in [5, 5.41) is 13.5. The van der Waals surface area contributed by atoms with Crippen LogP contribution in [-0.4, -0.2) is 31.9 Å². The molecule has 0 unspecified atom stereocenters. The molecule has 7 nitrogen and oxygen atoms in total. The van der Waals surface area contributed by atoms with Crippen LogP contribution >= 0.6 is 0 Å². The highest BCUT2D eigenvalue weighted by Crippen LogP contribution is 2.22. The lowest BCUT2D eigenvalue weighted by atomic mass is 10.1. The molecular weight excluding hydrogens is 370 g/mol. The van der Waals surface area contributed by atoms with Crippen molar-refractivity contribution >= 4 is 11.5 Å². The summed E-state index contributed by atoms with van der Waals surface area (Å²) in [6, 6.07) is 15.8. The SMILES string of the molecule is CCOc1ccc(-c2cc3c(=O)n(Cc4ccc(C(=O)O)cc4)ccn3n2)cc1. The van der Waals surface area contributed by atoms with Crippen molar-refractivity contribution in [3.63, 3.8) is 0 Å². The fourth-order valence-electron chi connectivity index (χ4n) is 3.13. The highest BCUT2D eigenvalue weighted by molar-refractivity contribution is 5.87. The summed E-state index contributed by atoms with van der Waals surface area (Å²) in [5.41, 5.74) is 2.96. The molecular formula is C22H19N3O4. The summed E-state index contributed by atoms with van der Waals surface area (Å²) in [4.78, 5) is 23.8. The molecule has 146 valence electrons. The Kier molecular flexibility index (Phi) is 4.87. The van der Waals surface area contributed by atoms with E-state index < -0.39 is 5.97 Å². The lowest BCUT2D eigenvalue weighted by Gasteiger charge is -2.06. The smallest absolute Gasteiger partial charge is 0.335 e. The predicted octanol–water partition coefficient (Wildman–Crippen LogP) is 3.31. The number of aromatic nitrogens is 3. The van der Waals surface area contributed by atoms with Gasteiger partial charge in [-0.05, 0) is 55.0 Å². The van der Waals surface area contributed by atoms with Gasteiger partial charge < -0.3 is 14.4 Å². The van der Waals surface area contributed by atoms with Gasteiger partial charge in [0.15, 0.2) is 0 Å². The molecule has 0 amide bonds. The average Bonchev–Trinajstić information content (AvgIpc) is 3.16. The number of carboxylic acids is 1. The van der Waals surface area contributed by atoms with Gasteiger partial charge in [0.25, 0.3) is 5.56 Å². The molecule has 0 aliphatic carbocycles. The largest absolute Gasteiger partial charge is 0.494 e. The summed E-state index contributed by atoms with van der Waals surface area (Å²) in [6.07, 6.45) is 3.41. The van der Waals surface area contributed by atoms with Crippen molar-refractivity contribution in [2.45, 2.75) is 13.5 Å². The summed E-state index contributed by atoms with van der Waals surface area (Å²) in [7, 11) is 0. The first-order valence-electron chi connectivity index (χ1n) is 9.19. The van der Waals surface area contributed by atoms with Gasteiger partial charge in [-0.2, -0.15) is 5.10 Å². The normalized spacial score (nSPS) is 10.9. The van der Waals surface area contributed by atoms with E-state index in [9.17, 15) is 9.59 Å². The molecule has 4 aromatic rings. The Hall–Kier alpha value is -3.87. The number of carboxylic acid groups (broad SMARTS) is 1. The zero-order valence-electron chi connectivity index (χ0n) is 15.8. The summed E-state index contributed by atoms with van der Waals surface area (Å²) < 4.78 is 8.60. The maximum Gasteiger partial charge on any atom is 0.335 e. The first-order valence-corrected chi connectivity index (χ1v) is 9.19. The molecule has 0 saturated carbocycles. The molecule has 4 rings (SSSR count). The molecule has 1 N–H and O–H groups in total. The number of hydrogen-bond donors (Lipinski definition) is 1. The van der Waals surface area contributed by atoms with Crippen LogP contribution in [0.2, 0.25) is 0 Å². The summed E-state index contributed by atoms with van der Waals surface area (Å²) in [6.45, 7) is 2.88. The van der Waals surface area contributed by atoms with Crippen LogP contribution < -0.4 is 10.3 Å². The summed E-state index contributed by atoms with van der Waals surface area (Å²) >= 11 is 0. The monoisotopic (exact) mass is 389 g/mol. The van der Waals surface area contributed by atoms with Gasteiger partial charge in [-0.15, -0.1) is 0 Å². The van der Waals surface area contributed by atoms with E-state index >= 15 is 0 Å². The van der Waals surface area contributed by atoms with Crippen molar-refractivity contribution in [1.29, 1.82) is 0 Å². The van der Waals surface area contributed by atoms with E-state index in [1.807, 2.05) is 31.2 Å². The van der Waals surface area contributed by atoms with Crippen molar-refractivity contribution in [1.82, 2.24) is 14.2 Å².